The first-order valence-electron chi connectivity index (χ1n) is 9.63. The van der Waals surface area contributed by atoms with Gasteiger partial charge in [0.25, 0.3) is 11.6 Å². The quantitative estimate of drug-likeness (QED) is 0.164. The molecule has 0 saturated heterocycles. The Labute approximate surface area is 192 Å². The lowest BCUT2D eigenvalue weighted by Crippen LogP contribution is -2.19. The number of amides is 1. The molecule has 1 aromatic heterocycles. The number of H-pyrrole nitrogens is 1. The number of nitro benzene ring substituents is 1. The molecule has 4 N–H and O–H groups in total. The Morgan fingerprint density at radius 3 is 2.64 bits per heavy atom. The topological polar surface area (TPSA) is 152 Å². The molecule has 0 unspecified atom stereocenters. The van der Waals surface area contributed by atoms with E-state index < -0.39 is 10.8 Å². The van der Waals surface area contributed by atoms with Crippen LogP contribution in [0.3, 0.4) is 0 Å². The van der Waals surface area contributed by atoms with Crippen LogP contribution in [0.25, 0.3) is 11.4 Å². The molecule has 0 bridgehead atoms. The highest BCUT2D eigenvalue weighted by Gasteiger charge is 2.18. The zero-order valence-electron chi connectivity index (χ0n) is 17.0. The Hall–Kier alpha value is -4.51. The SMILES string of the molecule is Nc1ccccc1C(=O)N/N=C\c1ccc(Sc2n[nH]c(-c3ccccc3)n2)c([N+](=O)[O-])c1. The van der Waals surface area contributed by atoms with Gasteiger partial charge >= 0.3 is 0 Å². The summed E-state index contributed by atoms with van der Waals surface area (Å²) in [6, 6.07) is 20.6. The van der Waals surface area contributed by atoms with Crippen molar-refractivity contribution in [1.29, 1.82) is 0 Å². The first kappa shape index (κ1) is 21.7. The third kappa shape index (κ3) is 5.22. The molecular formula is C22H17N7O3S. The molecule has 0 aliphatic carbocycles. The Kier molecular flexibility index (Phi) is 6.41. The molecule has 0 fully saturated rings. The molecule has 0 spiro atoms. The van der Waals surface area contributed by atoms with Crippen molar-refractivity contribution in [3.8, 4) is 11.4 Å². The lowest BCUT2D eigenvalue weighted by molar-refractivity contribution is -0.387. The second kappa shape index (κ2) is 9.75. The van der Waals surface area contributed by atoms with Gasteiger partial charge in [-0.3, -0.25) is 20.0 Å². The van der Waals surface area contributed by atoms with Crippen LogP contribution >= 0.6 is 11.8 Å². The van der Waals surface area contributed by atoms with E-state index in [9.17, 15) is 14.9 Å². The average molecular weight is 459 g/mol. The molecule has 0 aliphatic heterocycles. The number of nitrogen functional groups attached to an aromatic ring is 1. The summed E-state index contributed by atoms with van der Waals surface area (Å²) in [6.45, 7) is 0. The number of benzene rings is 3. The van der Waals surface area contributed by atoms with E-state index in [1.165, 1.54) is 12.3 Å². The van der Waals surface area contributed by atoms with Gasteiger partial charge in [0, 0.05) is 22.9 Å². The first-order chi connectivity index (χ1) is 16.0. The van der Waals surface area contributed by atoms with E-state index in [0.717, 1.165) is 17.3 Å². The fourth-order valence-corrected chi connectivity index (χ4v) is 3.69. The summed E-state index contributed by atoms with van der Waals surface area (Å²) < 4.78 is 0. The number of nitrogens with zero attached hydrogens (tertiary/aromatic N) is 4. The number of hydrogen-bond donors (Lipinski definition) is 3. The summed E-state index contributed by atoms with van der Waals surface area (Å²) in [5, 5.41) is 22.8. The summed E-state index contributed by atoms with van der Waals surface area (Å²) in [7, 11) is 0. The standard InChI is InChI=1S/C22H17N7O3S/c23-17-9-5-4-8-16(17)21(30)27-24-13-14-10-11-19(18(12-14)29(31)32)33-22-25-20(26-28-22)15-6-2-1-3-7-15/h1-13H,23H2,(H,27,30)(H,25,26,28)/b24-13-. The molecule has 0 atom stereocenters. The third-order valence-corrected chi connectivity index (χ3v) is 5.41. The van der Waals surface area contributed by atoms with Crippen LogP contribution in [0.4, 0.5) is 11.4 Å². The van der Waals surface area contributed by atoms with Crippen LogP contribution in [-0.2, 0) is 0 Å². The maximum atomic E-state index is 12.2. The molecule has 33 heavy (non-hydrogen) atoms. The van der Waals surface area contributed by atoms with Gasteiger partial charge < -0.3 is 5.73 Å². The summed E-state index contributed by atoms with van der Waals surface area (Å²) >= 11 is 1.07. The van der Waals surface area contributed by atoms with Crippen molar-refractivity contribution in [3.05, 3.63) is 94.0 Å². The van der Waals surface area contributed by atoms with Gasteiger partial charge in [0.05, 0.1) is 21.6 Å². The summed E-state index contributed by atoms with van der Waals surface area (Å²) in [5.41, 5.74) is 9.91. The third-order valence-electron chi connectivity index (χ3n) is 4.48. The molecule has 1 heterocycles. The minimum absolute atomic E-state index is 0.131. The number of nitro groups is 1. The molecule has 4 aromatic rings. The molecule has 3 aromatic carbocycles. The molecule has 4 rings (SSSR count). The van der Waals surface area contributed by atoms with Crippen LogP contribution < -0.4 is 11.2 Å². The van der Waals surface area contributed by atoms with Gasteiger partial charge in [-0.2, -0.15) is 5.10 Å². The van der Waals surface area contributed by atoms with E-state index >= 15 is 0 Å². The van der Waals surface area contributed by atoms with Crippen LogP contribution in [0.15, 0.2) is 87.9 Å². The van der Waals surface area contributed by atoms with Crippen molar-refractivity contribution >= 4 is 35.3 Å². The Balaban J connectivity index is 1.48. The van der Waals surface area contributed by atoms with Gasteiger partial charge in [-0.1, -0.05) is 48.5 Å². The number of para-hydroxylation sites is 1. The predicted molar refractivity (Wildman–Crippen MR) is 125 cm³/mol. The maximum Gasteiger partial charge on any atom is 0.283 e. The van der Waals surface area contributed by atoms with Gasteiger partial charge in [0.1, 0.15) is 0 Å². The molecule has 0 aliphatic rings. The number of carbonyl (C=O) groups excluding carboxylic acids is 1. The average Bonchev–Trinajstić information content (AvgIpc) is 3.29. The van der Waals surface area contributed by atoms with Crippen molar-refractivity contribution in [2.75, 3.05) is 5.73 Å². The normalized spacial score (nSPS) is 10.9. The maximum absolute atomic E-state index is 12.2. The highest BCUT2D eigenvalue weighted by Crippen LogP contribution is 2.34. The van der Waals surface area contributed by atoms with Crippen LogP contribution in [0, 0.1) is 10.1 Å². The number of hydrazone groups is 1. The second-order valence-corrected chi connectivity index (χ2v) is 7.71. The van der Waals surface area contributed by atoms with Crippen molar-refractivity contribution in [3.63, 3.8) is 0 Å². The smallest absolute Gasteiger partial charge is 0.283 e. The fraction of sp³-hybridized carbons (Fsp3) is 0. The van der Waals surface area contributed by atoms with Gasteiger partial charge in [-0.05, 0) is 30.0 Å². The minimum atomic E-state index is -0.492. The van der Waals surface area contributed by atoms with Crippen molar-refractivity contribution in [2.45, 2.75) is 10.1 Å². The summed E-state index contributed by atoms with van der Waals surface area (Å²) in [6.07, 6.45) is 1.32. The van der Waals surface area contributed by atoms with E-state index in [-0.39, 0.29) is 11.3 Å². The van der Waals surface area contributed by atoms with Gasteiger partial charge in [-0.15, -0.1) is 5.10 Å². The number of nitrogens with one attached hydrogen (secondary N) is 2. The molecule has 11 heteroatoms. The molecule has 0 radical (unpaired) electrons. The number of anilines is 1. The largest absolute Gasteiger partial charge is 0.398 e. The van der Waals surface area contributed by atoms with E-state index in [2.05, 4.69) is 25.7 Å². The number of carbonyl (C=O) groups is 1. The minimum Gasteiger partial charge on any atom is -0.398 e. The van der Waals surface area contributed by atoms with E-state index in [0.29, 0.717) is 27.1 Å². The number of hydrogen-bond acceptors (Lipinski definition) is 8. The molecular weight excluding hydrogens is 442 g/mol. The molecule has 1 amide bonds. The van der Waals surface area contributed by atoms with E-state index in [4.69, 9.17) is 5.73 Å². The highest BCUT2D eigenvalue weighted by atomic mass is 32.2. The highest BCUT2D eigenvalue weighted by molar-refractivity contribution is 7.99. The van der Waals surface area contributed by atoms with Gasteiger partial charge in [-0.25, -0.2) is 10.4 Å². The van der Waals surface area contributed by atoms with Gasteiger partial charge in [0.2, 0.25) is 5.16 Å². The zero-order chi connectivity index (χ0) is 23.2. The summed E-state index contributed by atoms with van der Waals surface area (Å²) in [5.74, 6) is 0.0872. The van der Waals surface area contributed by atoms with Crippen molar-refractivity contribution < 1.29 is 9.72 Å². The van der Waals surface area contributed by atoms with Crippen molar-refractivity contribution in [1.82, 2.24) is 20.6 Å². The van der Waals surface area contributed by atoms with Crippen LogP contribution in [0.5, 0.6) is 0 Å². The predicted octanol–water partition coefficient (Wildman–Crippen LogP) is 3.88. The Morgan fingerprint density at radius 2 is 1.88 bits per heavy atom. The molecule has 10 nitrogen and oxygen atoms in total. The molecule has 164 valence electrons. The number of aromatic amines is 1. The lowest BCUT2D eigenvalue weighted by Gasteiger charge is -2.03. The number of nitrogens with two attached hydrogens (primary N) is 1. The van der Waals surface area contributed by atoms with E-state index in [1.807, 2.05) is 30.3 Å². The first-order valence-corrected chi connectivity index (χ1v) is 10.4. The van der Waals surface area contributed by atoms with Crippen LogP contribution in [-0.4, -0.2) is 32.2 Å². The lowest BCUT2D eigenvalue weighted by atomic mass is 10.2. The zero-order valence-corrected chi connectivity index (χ0v) is 17.8. The monoisotopic (exact) mass is 459 g/mol. The van der Waals surface area contributed by atoms with E-state index in [1.54, 1.807) is 36.4 Å². The van der Waals surface area contributed by atoms with Crippen molar-refractivity contribution in [2.24, 2.45) is 5.10 Å². The number of aromatic nitrogens is 3. The molecule has 0 saturated carbocycles. The van der Waals surface area contributed by atoms with Crippen LogP contribution in [0.2, 0.25) is 0 Å². The van der Waals surface area contributed by atoms with Crippen LogP contribution in [0.1, 0.15) is 15.9 Å². The fourth-order valence-electron chi connectivity index (χ4n) is 2.89. The number of rotatable bonds is 7. The van der Waals surface area contributed by atoms with Gasteiger partial charge in [0.15, 0.2) is 5.82 Å². The second-order valence-electron chi connectivity index (χ2n) is 6.71. The Morgan fingerprint density at radius 1 is 1.12 bits per heavy atom. The Bertz CT molecular complexity index is 1340. The summed E-state index contributed by atoms with van der Waals surface area (Å²) in [4.78, 5) is 28.0.